The van der Waals surface area contributed by atoms with E-state index in [1.54, 1.807) is 0 Å². The van der Waals surface area contributed by atoms with E-state index in [0.29, 0.717) is 17.6 Å². The number of allylic oxidation sites excluding steroid dienone is 3. The Balaban J connectivity index is 1.16. The van der Waals surface area contributed by atoms with E-state index >= 15 is 0 Å². The molecule has 0 aliphatic heterocycles. The molecule has 37 heavy (non-hydrogen) atoms. The highest BCUT2D eigenvalue weighted by molar-refractivity contribution is 5.52. The van der Waals surface area contributed by atoms with Crippen molar-refractivity contribution in [3.05, 3.63) is 53.1 Å². The maximum Gasteiger partial charge on any atom is 0.409 e. The molecule has 0 spiro atoms. The van der Waals surface area contributed by atoms with Crippen LogP contribution in [-0.2, 0) is 0 Å². The standard InChI is InChI=1S/C32H43F5/c1-22-6-12-25(13-7-22)26-14-8-23(9-15-26)4-2-3-5-24-10-16-27(17-11-24)28-20-30(33)29(31(34)21-28)18-19-32(35,36)37/h3,5,18-27H,2,4,6-17H2,1H3/b5-3+,19-18+. The SMILES string of the molecule is CC1CCC(C2CCC(CC/C=C/C3CCC(c4cc(F)c(/C=C/C(F)(F)F)c(F)c4)CC3)CC2)CC1. The Bertz CT molecular complexity index is 883. The van der Waals surface area contributed by atoms with Crippen LogP contribution in [0.5, 0.6) is 0 Å². The van der Waals surface area contributed by atoms with Crippen LogP contribution < -0.4 is 0 Å². The highest BCUT2D eigenvalue weighted by Gasteiger charge is 2.30. The third kappa shape index (κ3) is 8.42. The van der Waals surface area contributed by atoms with Crippen molar-refractivity contribution in [2.75, 3.05) is 0 Å². The van der Waals surface area contributed by atoms with Crippen LogP contribution in [-0.4, -0.2) is 6.18 Å². The van der Waals surface area contributed by atoms with Gasteiger partial charge in [0, 0.05) is 11.6 Å². The molecule has 0 N–H and O–H groups in total. The molecule has 206 valence electrons. The molecule has 3 aliphatic carbocycles. The van der Waals surface area contributed by atoms with Gasteiger partial charge in [-0.15, -0.1) is 0 Å². The molecule has 0 radical (unpaired) electrons. The normalized spacial score (nSPS) is 31.8. The van der Waals surface area contributed by atoms with Gasteiger partial charge in [-0.1, -0.05) is 44.8 Å². The maximum atomic E-state index is 14.3. The summed E-state index contributed by atoms with van der Waals surface area (Å²) in [5.41, 5.74) is -0.0743. The minimum absolute atomic E-state index is 0.0526. The van der Waals surface area contributed by atoms with Crippen LogP contribution in [0.15, 0.2) is 30.4 Å². The number of hydrogen-bond donors (Lipinski definition) is 0. The average molecular weight is 523 g/mol. The van der Waals surface area contributed by atoms with Crippen LogP contribution in [0.25, 0.3) is 6.08 Å². The molecule has 0 unspecified atom stereocenters. The van der Waals surface area contributed by atoms with Crippen molar-refractivity contribution in [3.63, 3.8) is 0 Å². The van der Waals surface area contributed by atoms with E-state index < -0.39 is 23.4 Å². The Kier molecular flexibility index (Phi) is 9.91. The van der Waals surface area contributed by atoms with E-state index in [-0.39, 0.29) is 12.0 Å². The van der Waals surface area contributed by atoms with Gasteiger partial charge in [-0.25, -0.2) is 8.78 Å². The molecule has 5 heteroatoms. The highest BCUT2D eigenvalue weighted by Crippen LogP contribution is 2.42. The minimum Gasteiger partial charge on any atom is -0.206 e. The maximum absolute atomic E-state index is 14.3. The summed E-state index contributed by atoms with van der Waals surface area (Å²) < 4.78 is 65.8. The van der Waals surface area contributed by atoms with Gasteiger partial charge in [-0.05, 0) is 123 Å². The molecular weight excluding hydrogens is 479 g/mol. The largest absolute Gasteiger partial charge is 0.409 e. The molecule has 0 saturated heterocycles. The number of halogens is 5. The van der Waals surface area contributed by atoms with Crippen LogP contribution in [0, 0.1) is 41.2 Å². The Labute approximate surface area is 219 Å². The highest BCUT2D eigenvalue weighted by atomic mass is 19.4. The van der Waals surface area contributed by atoms with E-state index in [2.05, 4.69) is 19.1 Å². The summed E-state index contributed by atoms with van der Waals surface area (Å²) in [5, 5.41) is 0. The Morgan fingerprint density at radius 3 is 1.92 bits per heavy atom. The van der Waals surface area contributed by atoms with Gasteiger partial charge in [-0.2, -0.15) is 13.2 Å². The lowest BCUT2D eigenvalue weighted by atomic mass is 9.69. The molecule has 1 aromatic rings. The van der Waals surface area contributed by atoms with Gasteiger partial charge in [0.25, 0.3) is 0 Å². The fourth-order valence-electron chi connectivity index (χ4n) is 7.15. The van der Waals surface area contributed by atoms with E-state index in [1.807, 2.05) is 0 Å². The number of alkyl halides is 3. The van der Waals surface area contributed by atoms with Gasteiger partial charge >= 0.3 is 6.18 Å². The van der Waals surface area contributed by atoms with Crippen LogP contribution >= 0.6 is 0 Å². The monoisotopic (exact) mass is 522 g/mol. The van der Waals surface area contributed by atoms with E-state index in [0.717, 1.165) is 55.8 Å². The Morgan fingerprint density at radius 1 is 0.784 bits per heavy atom. The van der Waals surface area contributed by atoms with Gasteiger partial charge in [0.1, 0.15) is 11.6 Å². The number of hydrogen-bond acceptors (Lipinski definition) is 0. The van der Waals surface area contributed by atoms with Gasteiger partial charge in [-0.3, -0.25) is 0 Å². The van der Waals surface area contributed by atoms with E-state index in [1.165, 1.54) is 69.9 Å². The smallest absolute Gasteiger partial charge is 0.206 e. The topological polar surface area (TPSA) is 0 Å². The van der Waals surface area contributed by atoms with Crippen molar-refractivity contribution in [1.29, 1.82) is 0 Å². The zero-order valence-corrected chi connectivity index (χ0v) is 22.2. The van der Waals surface area contributed by atoms with Crippen LogP contribution in [0.4, 0.5) is 22.0 Å². The first-order chi connectivity index (χ1) is 17.7. The molecule has 3 fully saturated rings. The summed E-state index contributed by atoms with van der Waals surface area (Å²) in [7, 11) is 0. The molecule has 4 rings (SSSR count). The van der Waals surface area contributed by atoms with Crippen molar-refractivity contribution >= 4 is 6.08 Å². The molecule has 0 aromatic heterocycles. The molecule has 0 heterocycles. The van der Waals surface area contributed by atoms with Crippen molar-refractivity contribution in [2.45, 2.75) is 109 Å². The quantitative estimate of drug-likeness (QED) is 0.247. The van der Waals surface area contributed by atoms with Gasteiger partial charge < -0.3 is 0 Å². The first kappa shape index (κ1) is 28.4. The van der Waals surface area contributed by atoms with E-state index in [9.17, 15) is 22.0 Å². The molecule has 3 saturated carbocycles. The minimum atomic E-state index is -4.60. The Hall–Kier alpha value is -1.65. The zero-order valence-electron chi connectivity index (χ0n) is 22.2. The Morgan fingerprint density at radius 2 is 1.35 bits per heavy atom. The first-order valence-corrected chi connectivity index (χ1v) is 14.6. The molecule has 3 aliphatic rings. The third-order valence-electron chi connectivity index (χ3n) is 9.55. The van der Waals surface area contributed by atoms with Crippen molar-refractivity contribution < 1.29 is 22.0 Å². The second-order valence-electron chi connectivity index (χ2n) is 12.2. The second kappa shape index (κ2) is 12.9. The fraction of sp³-hybridized carbons (Fsp3) is 0.688. The third-order valence-corrected chi connectivity index (χ3v) is 9.55. The van der Waals surface area contributed by atoms with Crippen molar-refractivity contribution in [3.8, 4) is 0 Å². The lowest BCUT2D eigenvalue weighted by molar-refractivity contribution is -0.0790. The lowest BCUT2D eigenvalue weighted by Gasteiger charge is -2.37. The van der Waals surface area contributed by atoms with Crippen LogP contribution in [0.3, 0.4) is 0 Å². The van der Waals surface area contributed by atoms with Crippen LogP contribution in [0.1, 0.15) is 114 Å². The first-order valence-electron chi connectivity index (χ1n) is 14.6. The molecule has 0 bridgehead atoms. The van der Waals surface area contributed by atoms with Crippen LogP contribution in [0.2, 0.25) is 0 Å². The molecule has 0 atom stereocenters. The average Bonchev–Trinajstić information content (AvgIpc) is 2.87. The summed E-state index contributed by atoms with van der Waals surface area (Å²) in [4.78, 5) is 0. The molecule has 0 amide bonds. The predicted octanol–water partition coefficient (Wildman–Crippen LogP) is 10.8. The molecular formula is C32H43F5. The summed E-state index contributed by atoms with van der Waals surface area (Å²) in [5.74, 6) is 2.47. The fourth-order valence-corrected chi connectivity index (χ4v) is 7.15. The van der Waals surface area contributed by atoms with Gasteiger partial charge in [0.15, 0.2) is 0 Å². The number of rotatable bonds is 7. The summed E-state index contributed by atoms with van der Waals surface area (Å²) >= 11 is 0. The predicted molar refractivity (Wildman–Crippen MR) is 141 cm³/mol. The van der Waals surface area contributed by atoms with Gasteiger partial charge in [0.05, 0.1) is 0 Å². The lowest BCUT2D eigenvalue weighted by Crippen LogP contribution is -2.25. The van der Waals surface area contributed by atoms with E-state index in [4.69, 9.17) is 0 Å². The molecule has 0 nitrogen and oxygen atoms in total. The number of benzene rings is 1. The van der Waals surface area contributed by atoms with Crippen molar-refractivity contribution in [1.82, 2.24) is 0 Å². The van der Waals surface area contributed by atoms with Crippen molar-refractivity contribution in [2.24, 2.45) is 29.6 Å². The second-order valence-corrected chi connectivity index (χ2v) is 12.2. The zero-order chi connectivity index (χ0) is 26.4. The summed E-state index contributed by atoms with van der Waals surface area (Å²) in [6, 6.07) is 2.42. The molecule has 1 aromatic carbocycles. The summed E-state index contributed by atoms with van der Waals surface area (Å²) in [6.45, 7) is 2.40. The summed E-state index contributed by atoms with van der Waals surface area (Å²) in [6.07, 6.45) is 17.9. The van der Waals surface area contributed by atoms with Gasteiger partial charge in [0.2, 0.25) is 0 Å².